The van der Waals surface area contributed by atoms with Crippen LogP contribution >= 0.6 is 0 Å². The number of phenolic OH excluding ortho intramolecular Hbond substituents is 1. The standard InChI is InChI=1S/C26H35N7O/c34-24-4-2-1-3-21(24)22-11-23-25(30-29-22)28-14-20-15-31(9-10-33(20)23)19-12-26(13-19)16-32(17-26)18-5-7-27-8-6-18/h1-4,11,18-20,27,34H,5-10,12-17H2,(H,28,30)/t20-/m0/s1. The molecule has 4 aliphatic heterocycles. The molecule has 1 saturated carbocycles. The molecule has 8 nitrogen and oxygen atoms in total. The molecule has 1 aliphatic carbocycles. The van der Waals surface area contributed by atoms with Gasteiger partial charge in [0.15, 0.2) is 5.82 Å². The number of piperazine rings is 1. The highest BCUT2D eigenvalue weighted by Gasteiger charge is 2.55. The molecule has 1 aromatic heterocycles. The Morgan fingerprint density at radius 1 is 0.941 bits per heavy atom. The number of aromatic nitrogens is 2. The fourth-order valence-corrected chi connectivity index (χ4v) is 7.17. The van der Waals surface area contributed by atoms with Gasteiger partial charge >= 0.3 is 0 Å². The maximum Gasteiger partial charge on any atom is 0.172 e. The Morgan fingerprint density at radius 2 is 1.76 bits per heavy atom. The number of hydrogen-bond acceptors (Lipinski definition) is 8. The van der Waals surface area contributed by atoms with Gasteiger partial charge in [-0.2, -0.15) is 0 Å². The van der Waals surface area contributed by atoms with Crippen LogP contribution in [0.5, 0.6) is 5.75 Å². The molecule has 0 radical (unpaired) electrons. The van der Waals surface area contributed by atoms with E-state index in [4.69, 9.17) is 0 Å². The van der Waals surface area contributed by atoms with E-state index in [1.165, 1.54) is 51.9 Å². The van der Waals surface area contributed by atoms with Gasteiger partial charge in [0.1, 0.15) is 5.75 Å². The molecule has 1 atom stereocenters. The average molecular weight is 462 g/mol. The normalized spacial score (nSPS) is 27.4. The summed E-state index contributed by atoms with van der Waals surface area (Å²) in [6, 6.07) is 11.5. The Balaban J connectivity index is 0.992. The number of piperidine rings is 1. The first kappa shape index (κ1) is 20.9. The van der Waals surface area contributed by atoms with Gasteiger partial charge < -0.3 is 20.6 Å². The largest absolute Gasteiger partial charge is 0.507 e. The van der Waals surface area contributed by atoms with E-state index in [0.29, 0.717) is 11.5 Å². The lowest BCUT2D eigenvalue weighted by Crippen LogP contribution is -2.70. The van der Waals surface area contributed by atoms with E-state index in [0.717, 1.165) is 61.0 Å². The second kappa shape index (κ2) is 8.07. The molecule has 1 aromatic carbocycles. The molecular weight excluding hydrogens is 426 g/mol. The molecule has 4 fully saturated rings. The fraction of sp³-hybridized carbons (Fsp3) is 0.615. The maximum atomic E-state index is 10.3. The molecule has 5 aliphatic rings. The summed E-state index contributed by atoms with van der Waals surface area (Å²) >= 11 is 0. The monoisotopic (exact) mass is 461 g/mol. The van der Waals surface area contributed by atoms with Gasteiger partial charge in [-0.25, -0.2) is 0 Å². The molecule has 7 rings (SSSR count). The van der Waals surface area contributed by atoms with Gasteiger partial charge in [-0.05, 0) is 62.4 Å². The second-order valence-electron chi connectivity index (χ2n) is 11.2. The number of hydrogen-bond donors (Lipinski definition) is 3. The zero-order chi connectivity index (χ0) is 22.7. The van der Waals surface area contributed by atoms with Gasteiger partial charge in [-0.1, -0.05) is 12.1 Å². The minimum atomic E-state index is 0.246. The Hall–Kier alpha value is -2.42. The van der Waals surface area contributed by atoms with Gasteiger partial charge in [0.05, 0.1) is 17.4 Å². The van der Waals surface area contributed by atoms with Crippen molar-refractivity contribution in [3.8, 4) is 17.0 Å². The van der Waals surface area contributed by atoms with Gasteiger partial charge in [0.25, 0.3) is 0 Å². The first-order chi connectivity index (χ1) is 16.7. The number of aromatic hydroxyl groups is 1. The van der Waals surface area contributed by atoms with Gasteiger partial charge in [0, 0.05) is 56.9 Å². The van der Waals surface area contributed by atoms with E-state index in [-0.39, 0.29) is 5.75 Å². The Labute approximate surface area is 201 Å². The van der Waals surface area contributed by atoms with Crippen LogP contribution in [0.1, 0.15) is 25.7 Å². The summed E-state index contributed by atoms with van der Waals surface area (Å²) in [6.07, 6.45) is 5.42. The number of phenols is 1. The van der Waals surface area contributed by atoms with Crippen molar-refractivity contribution in [3.63, 3.8) is 0 Å². The molecule has 180 valence electrons. The molecular formula is C26H35N7O. The molecule has 2 aromatic rings. The van der Waals surface area contributed by atoms with E-state index >= 15 is 0 Å². The van der Waals surface area contributed by atoms with Crippen LogP contribution in [0.4, 0.5) is 11.5 Å². The number of anilines is 2. The summed E-state index contributed by atoms with van der Waals surface area (Å²) in [4.78, 5) is 8.03. The predicted octanol–water partition coefficient (Wildman–Crippen LogP) is 1.98. The molecule has 0 bridgehead atoms. The summed E-state index contributed by atoms with van der Waals surface area (Å²) in [5.41, 5.74) is 3.20. The smallest absolute Gasteiger partial charge is 0.172 e. The highest BCUT2D eigenvalue weighted by molar-refractivity contribution is 5.76. The van der Waals surface area contributed by atoms with Gasteiger partial charge in [-0.15, -0.1) is 10.2 Å². The summed E-state index contributed by atoms with van der Waals surface area (Å²) in [5, 5.41) is 26.1. The molecule has 5 heterocycles. The number of benzene rings is 1. The van der Waals surface area contributed by atoms with E-state index in [1.54, 1.807) is 6.07 Å². The molecule has 8 heteroatoms. The van der Waals surface area contributed by atoms with Crippen LogP contribution in [0.15, 0.2) is 30.3 Å². The van der Waals surface area contributed by atoms with Crippen molar-refractivity contribution in [2.45, 2.75) is 43.8 Å². The second-order valence-corrected chi connectivity index (χ2v) is 11.2. The number of para-hydroxylation sites is 1. The molecule has 0 unspecified atom stereocenters. The summed E-state index contributed by atoms with van der Waals surface area (Å²) < 4.78 is 0. The maximum absolute atomic E-state index is 10.3. The number of nitrogens with one attached hydrogen (secondary N) is 2. The van der Waals surface area contributed by atoms with Crippen molar-refractivity contribution in [2.24, 2.45) is 5.41 Å². The first-order valence-electron chi connectivity index (χ1n) is 13.0. The average Bonchev–Trinajstić information content (AvgIpc) is 2.83. The summed E-state index contributed by atoms with van der Waals surface area (Å²) in [6.45, 7) is 9.22. The van der Waals surface area contributed by atoms with Crippen molar-refractivity contribution in [1.29, 1.82) is 0 Å². The topological polar surface area (TPSA) is 79.8 Å². The fourth-order valence-electron chi connectivity index (χ4n) is 7.17. The van der Waals surface area contributed by atoms with Crippen LogP contribution in [0.25, 0.3) is 11.3 Å². The molecule has 34 heavy (non-hydrogen) atoms. The van der Waals surface area contributed by atoms with Crippen molar-refractivity contribution in [2.75, 3.05) is 62.6 Å². The Bertz CT molecular complexity index is 1060. The number of nitrogens with zero attached hydrogens (tertiary/aromatic N) is 5. The minimum Gasteiger partial charge on any atom is -0.507 e. The SMILES string of the molecule is Oc1ccccc1-c1cc2c(nn1)NC[C@H]1CN(C3CC4(C3)CN(C3CCNCC3)C4)CCN21. The van der Waals surface area contributed by atoms with Crippen molar-refractivity contribution in [3.05, 3.63) is 30.3 Å². The Kier molecular flexibility index (Phi) is 4.96. The minimum absolute atomic E-state index is 0.246. The zero-order valence-corrected chi connectivity index (χ0v) is 19.8. The number of likely N-dealkylation sites (tertiary alicyclic amines) is 1. The Morgan fingerprint density at radius 3 is 2.59 bits per heavy atom. The van der Waals surface area contributed by atoms with E-state index < -0.39 is 0 Å². The number of rotatable bonds is 3. The highest BCUT2D eigenvalue weighted by Crippen LogP contribution is 2.51. The summed E-state index contributed by atoms with van der Waals surface area (Å²) in [5.74, 6) is 1.11. The van der Waals surface area contributed by atoms with E-state index in [9.17, 15) is 5.11 Å². The lowest BCUT2D eigenvalue weighted by molar-refractivity contribution is -0.129. The van der Waals surface area contributed by atoms with E-state index in [2.05, 4.69) is 41.6 Å². The summed E-state index contributed by atoms with van der Waals surface area (Å²) in [7, 11) is 0. The zero-order valence-electron chi connectivity index (χ0n) is 19.8. The molecule has 3 saturated heterocycles. The number of fused-ring (bicyclic) bond motifs is 3. The van der Waals surface area contributed by atoms with Crippen molar-refractivity contribution in [1.82, 2.24) is 25.3 Å². The van der Waals surface area contributed by atoms with Crippen LogP contribution < -0.4 is 15.5 Å². The predicted molar refractivity (Wildman–Crippen MR) is 133 cm³/mol. The third-order valence-electron chi connectivity index (χ3n) is 9.04. The lowest BCUT2D eigenvalue weighted by atomic mass is 9.59. The third kappa shape index (κ3) is 3.46. The van der Waals surface area contributed by atoms with Gasteiger partial charge in [0.2, 0.25) is 0 Å². The van der Waals surface area contributed by atoms with Crippen molar-refractivity contribution >= 4 is 11.5 Å². The lowest BCUT2D eigenvalue weighted by Gasteiger charge is -2.64. The molecule has 3 N–H and O–H groups in total. The highest BCUT2D eigenvalue weighted by atomic mass is 16.3. The van der Waals surface area contributed by atoms with Crippen molar-refractivity contribution < 1.29 is 5.11 Å². The van der Waals surface area contributed by atoms with Crippen LogP contribution in [0, 0.1) is 5.41 Å². The third-order valence-corrected chi connectivity index (χ3v) is 9.04. The van der Waals surface area contributed by atoms with Crippen LogP contribution in [0.3, 0.4) is 0 Å². The van der Waals surface area contributed by atoms with Crippen LogP contribution in [-0.2, 0) is 0 Å². The molecule has 0 amide bonds. The first-order valence-corrected chi connectivity index (χ1v) is 13.0. The molecule has 1 spiro atoms. The van der Waals surface area contributed by atoms with E-state index in [1.807, 2.05) is 18.2 Å². The van der Waals surface area contributed by atoms with Crippen LogP contribution in [0.2, 0.25) is 0 Å². The van der Waals surface area contributed by atoms with Crippen LogP contribution in [-0.4, -0.2) is 95.6 Å². The quantitative estimate of drug-likeness (QED) is 0.641. The van der Waals surface area contributed by atoms with Gasteiger partial charge in [-0.3, -0.25) is 9.80 Å².